The molecule has 0 unspecified atom stereocenters. The van der Waals surface area contributed by atoms with Gasteiger partial charge in [-0.05, 0) is 6.07 Å². The average molecular weight is 321 g/mol. The Labute approximate surface area is 129 Å². The van der Waals surface area contributed by atoms with Crippen LogP contribution in [-0.2, 0) is 11.3 Å². The van der Waals surface area contributed by atoms with Crippen LogP contribution in [0.3, 0.4) is 0 Å². The zero-order valence-corrected chi connectivity index (χ0v) is 12.4. The molecule has 3 rings (SSSR count). The van der Waals surface area contributed by atoms with E-state index >= 15 is 0 Å². The van der Waals surface area contributed by atoms with Crippen LogP contribution in [0.15, 0.2) is 23.7 Å². The Bertz CT molecular complexity index is 733. The SMILES string of the molecule is CN(Cc1nccs1)C(=O)c1cc2c(cc1F)OCC(=O)N2. The summed E-state index contributed by atoms with van der Waals surface area (Å²) in [6.07, 6.45) is 1.64. The molecule has 2 aromatic rings. The molecule has 114 valence electrons. The van der Waals surface area contributed by atoms with E-state index in [0.717, 1.165) is 11.1 Å². The van der Waals surface area contributed by atoms with Crippen LogP contribution in [0.1, 0.15) is 15.4 Å². The summed E-state index contributed by atoms with van der Waals surface area (Å²) in [5, 5.41) is 5.12. The number of anilines is 1. The van der Waals surface area contributed by atoms with Crippen molar-refractivity contribution < 1.29 is 18.7 Å². The lowest BCUT2D eigenvalue weighted by Gasteiger charge is -2.21. The molecule has 2 amide bonds. The van der Waals surface area contributed by atoms with Crippen molar-refractivity contribution in [3.8, 4) is 5.75 Å². The van der Waals surface area contributed by atoms with Crippen molar-refractivity contribution in [3.63, 3.8) is 0 Å². The number of thiazole rings is 1. The van der Waals surface area contributed by atoms with Crippen molar-refractivity contribution in [1.29, 1.82) is 0 Å². The number of carbonyl (C=O) groups excluding carboxylic acids is 2. The van der Waals surface area contributed by atoms with Gasteiger partial charge >= 0.3 is 0 Å². The molecule has 6 nitrogen and oxygen atoms in total. The van der Waals surface area contributed by atoms with Crippen LogP contribution in [0.4, 0.5) is 10.1 Å². The third-order valence-corrected chi connectivity index (χ3v) is 3.90. The van der Waals surface area contributed by atoms with Gasteiger partial charge in [0.05, 0.1) is 17.8 Å². The van der Waals surface area contributed by atoms with Gasteiger partial charge < -0.3 is 15.0 Å². The molecule has 0 atom stereocenters. The zero-order valence-electron chi connectivity index (χ0n) is 11.6. The predicted molar refractivity (Wildman–Crippen MR) is 78.4 cm³/mol. The summed E-state index contributed by atoms with van der Waals surface area (Å²) in [4.78, 5) is 29.1. The minimum atomic E-state index is -0.689. The molecule has 1 aliphatic rings. The minimum Gasteiger partial charge on any atom is -0.481 e. The highest BCUT2D eigenvalue weighted by Crippen LogP contribution is 2.31. The van der Waals surface area contributed by atoms with Gasteiger partial charge in [0.25, 0.3) is 11.8 Å². The van der Waals surface area contributed by atoms with Crippen molar-refractivity contribution in [2.45, 2.75) is 6.54 Å². The normalized spacial score (nSPS) is 13.1. The van der Waals surface area contributed by atoms with E-state index in [1.807, 2.05) is 0 Å². The van der Waals surface area contributed by atoms with Crippen LogP contribution in [-0.4, -0.2) is 35.4 Å². The molecular formula is C14H12FN3O3S. The van der Waals surface area contributed by atoms with E-state index in [-0.39, 0.29) is 30.4 Å². The van der Waals surface area contributed by atoms with Gasteiger partial charge in [0.15, 0.2) is 6.61 Å². The molecule has 22 heavy (non-hydrogen) atoms. The summed E-state index contributed by atoms with van der Waals surface area (Å²) in [7, 11) is 1.57. The quantitative estimate of drug-likeness (QED) is 0.937. The highest BCUT2D eigenvalue weighted by Gasteiger charge is 2.23. The number of fused-ring (bicyclic) bond motifs is 1. The molecule has 8 heteroatoms. The fourth-order valence-electron chi connectivity index (χ4n) is 2.08. The molecule has 2 heterocycles. The predicted octanol–water partition coefficient (Wildman–Crippen LogP) is 1.89. The Morgan fingerprint density at radius 1 is 1.55 bits per heavy atom. The molecule has 0 saturated heterocycles. The Kier molecular flexibility index (Phi) is 3.76. The number of benzene rings is 1. The first kappa shape index (κ1) is 14.5. The Morgan fingerprint density at radius 2 is 2.36 bits per heavy atom. The summed E-state index contributed by atoms with van der Waals surface area (Å²) in [6, 6.07) is 2.40. The molecular weight excluding hydrogens is 309 g/mol. The second kappa shape index (κ2) is 5.72. The summed E-state index contributed by atoms with van der Waals surface area (Å²) in [5.41, 5.74) is 0.173. The highest BCUT2D eigenvalue weighted by atomic mass is 32.1. The van der Waals surface area contributed by atoms with Gasteiger partial charge in [0, 0.05) is 24.7 Å². The lowest BCUT2D eigenvalue weighted by atomic mass is 10.1. The largest absolute Gasteiger partial charge is 0.481 e. The van der Waals surface area contributed by atoms with Gasteiger partial charge in [-0.25, -0.2) is 9.37 Å². The zero-order chi connectivity index (χ0) is 15.7. The average Bonchev–Trinajstić information content (AvgIpc) is 2.99. The summed E-state index contributed by atoms with van der Waals surface area (Å²) < 4.78 is 19.2. The fraction of sp³-hybridized carbons (Fsp3) is 0.214. The number of aromatic nitrogens is 1. The first-order valence-corrected chi connectivity index (χ1v) is 7.32. The lowest BCUT2D eigenvalue weighted by molar-refractivity contribution is -0.118. The van der Waals surface area contributed by atoms with E-state index in [4.69, 9.17) is 4.74 Å². The van der Waals surface area contributed by atoms with Crippen LogP contribution >= 0.6 is 11.3 Å². The van der Waals surface area contributed by atoms with E-state index in [0.29, 0.717) is 5.69 Å². The number of nitrogens with zero attached hydrogens (tertiary/aromatic N) is 2. The number of hydrogen-bond donors (Lipinski definition) is 1. The highest BCUT2D eigenvalue weighted by molar-refractivity contribution is 7.09. The topological polar surface area (TPSA) is 71.5 Å². The smallest absolute Gasteiger partial charge is 0.262 e. The molecule has 1 N–H and O–H groups in total. The van der Waals surface area contributed by atoms with E-state index < -0.39 is 11.7 Å². The molecule has 0 saturated carbocycles. The molecule has 0 fully saturated rings. The van der Waals surface area contributed by atoms with Gasteiger partial charge in [-0.3, -0.25) is 9.59 Å². The molecule has 1 aromatic carbocycles. The van der Waals surface area contributed by atoms with Crippen LogP contribution < -0.4 is 10.1 Å². The van der Waals surface area contributed by atoms with Crippen molar-refractivity contribution in [3.05, 3.63) is 40.1 Å². The Morgan fingerprint density at radius 3 is 3.09 bits per heavy atom. The molecule has 1 aromatic heterocycles. The molecule has 0 radical (unpaired) electrons. The second-order valence-electron chi connectivity index (χ2n) is 4.75. The first-order valence-electron chi connectivity index (χ1n) is 6.44. The summed E-state index contributed by atoms with van der Waals surface area (Å²) in [5.74, 6) is -1.30. The number of halogens is 1. The minimum absolute atomic E-state index is 0.122. The maximum Gasteiger partial charge on any atom is 0.262 e. The molecule has 0 aliphatic carbocycles. The van der Waals surface area contributed by atoms with Gasteiger partial charge in [-0.15, -0.1) is 11.3 Å². The monoisotopic (exact) mass is 321 g/mol. The second-order valence-corrected chi connectivity index (χ2v) is 5.73. The van der Waals surface area contributed by atoms with E-state index in [1.54, 1.807) is 18.6 Å². The third kappa shape index (κ3) is 2.77. The maximum atomic E-state index is 14.1. The summed E-state index contributed by atoms with van der Waals surface area (Å²) >= 11 is 1.42. The van der Waals surface area contributed by atoms with Crippen molar-refractivity contribution in [1.82, 2.24) is 9.88 Å². The number of ether oxygens (including phenoxy) is 1. The van der Waals surface area contributed by atoms with Gasteiger partial charge in [0.2, 0.25) is 0 Å². The van der Waals surface area contributed by atoms with E-state index in [1.165, 1.54) is 22.3 Å². The summed E-state index contributed by atoms with van der Waals surface area (Å²) in [6.45, 7) is 0.125. The Hall–Kier alpha value is -2.48. The number of amides is 2. The number of hydrogen-bond acceptors (Lipinski definition) is 5. The van der Waals surface area contributed by atoms with Crippen molar-refractivity contribution in [2.24, 2.45) is 0 Å². The van der Waals surface area contributed by atoms with E-state index in [2.05, 4.69) is 10.3 Å². The third-order valence-electron chi connectivity index (χ3n) is 3.14. The number of nitrogens with one attached hydrogen (secondary N) is 1. The van der Waals surface area contributed by atoms with Gasteiger partial charge in [-0.2, -0.15) is 0 Å². The van der Waals surface area contributed by atoms with E-state index in [9.17, 15) is 14.0 Å². The fourth-order valence-corrected chi connectivity index (χ4v) is 2.75. The lowest BCUT2D eigenvalue weighted by Crippen LogP contribution is -2.29. The van der Waals surface area contributed by atoms with Crippen LogP contribution in [0, 0.1) is 5.82 Å². The standard InChI is InChI=1S/C14H12FN3O3S/c1-18(6-13-16-2-3-22-13)14(20)8-4-10-11(5-9(8)15)21-7-12(19)17-10/h2-5H,6-7H2,1H3,(H,17,19). The molecule has 1 aliphatic heterocycles. The maximum absolute atomic E-state index is 14.1. The Balaban J connectivity index is 1.85. The number of rotatable bonds is 3. The first-order chi connectivity index (χ1) is 10.5. The van der Waals surface area contributed by atoms with Crippen molar-refractivity contribution in [2.75, 3.05) is 19.0 Å². The van der Waals surface area contributed by atoms with Crippen molar-refractivity contribution >= 4 is 28.8 Å². The van der Waals surface area contributed by atoms with Gasteiger partial charge in [0.1, 0.15) is 16.6 Å². The van der Waals surface area contributed by atoms with Crippen LogP contribution in [0.5, 0.6) is 5.75 Å². The van der Waals surface area contributed by atoms with Gasteiger partial charge in [-0.1, -0.05) is 0 Å². The van der Waals surface area contributed by atoms with Crippen LogP contribution in [0.2, 0.25) is 0 Å². The molecule has 0 bridgehead atoms. The number of carbonyl (C=O) groups is 2. The van der Waals surface area contributed by atoms with Crippen LogP contribution in [0.25, 0.3) is 0 Å². The molecule has 0 spiro atoms.